The molecule has 2 heterocycles. The van der Waals surface area contributed by atoms with E-state index in [2.05, 4.69) is 10.3 Å². The normalized spacial score (nSPS) is 24.4. The molecule has 0 aromatic heterocycles. The van der Waals surface area contributed by atoms with E-state index in [4.69, 9.17) is 5.11 Å². The van der Waals surface area contributed by atoms with Crippen molar-refractivity contribution in [2.75, 3.05) is 0 Å². The first kappa shape index (κ1) is 17.7. The molecule has 2 rings (SSSR count). The number of carbonyl (C=O) groups is 3. The summed E-state index contributed by atoms with van der Waals surface area (Å²) in [5.74, 6) is -2.69. The van der Waals surface area contributed by atoms with Gasteiger partial charge in [0.15, 0.2) is 0 Å². The number of carboxylic acid groups (broad SMARTS) is 2. The molecule has 2 radical (unpaired) electrons. The Labute approximate surface area is 125 Å². The molecular weight excluding hydrogens is 363 g/mol. The Bertz CT molecular complexity index is 397. The number of aliphatic carboxylic acids is 2. The number of rotatable bonds is 2. The van der Waals surface area contributed by atoms with E-state index in [9.17, 15) is 24.6 Å². The molecule has 0 aromatic carbocycles. The molecule has 2 aliphatic heterocycles. The topological polar surface area (TPSA) is 142 Å². The number of nitrogens with one attached hydrogen (secondary N) is 1. The van der Waals surface area contributed by atoms with E-state index in [0.29, 0.717) is 19.3 Å². The molecule has 9 heteroatoms. The average molecular weight is 375 g/mol. The summed E-state index contributed by atoms with van der Waals surface area (Å²) in [5.41, 5.74) is 0. The molecule has 1 saturated heterocycles. The summed E-state index contributed by atoms with van der Waals surface area (Å²) in [6, 6.07) is -1.52. The second kappa shape index (κ2) is 7.97. The second-order valence-corrected chi connectivity index (χ2v) is 3.89. The van der Waals surface area contributed by atoms with Gasteiger partial charge in [0.2, 0.25) is 5.91 Å². The van der Waals surface area contributed by atoms with Gasteiger partial charge in [-0.05, 0) is 25.2 Å². The smallest absolute Gasteiger partial charge is 0.862 e. The van der Waals surface area contributed by atoms with Gasteiger partial charge in [-0.3, -0.25) is 9.79 Å². The molecule has 0 bridgehead atoms. The van der Waals surface area contributed by atoms with E-state index in [0.717, 1.165) is 0 Å². The molecule has 8 nitrogen and oxygen atoms in total. The maximum Gasteiger partial charge on any atom is 2.00 e. The SMILES string of the molecule is O=C([O-])[C@@H]1CCC([O-])=N1.O=C1CC[C@@H](C(=O)O)N1.[Sn+2]. The number of carbonyl (C=O) groups excluding carboxylic acids is 2. The molecule has 0 aromatic rings. The number of amides is 1. The maximum atomic E-state index is 10.4. The zero-order valence-electron chi connectivity index (χ0n) is 9.92. The van der Waals surface area contributed by atoms with Crippen LogP contribution in [0, 0.1) is 0 Å². The number of carboxylic acids is 2. The summed E-state index contributed by atoms with van der Waals surface area (Å²) in [6.07, 6.45) is 1.32. The molecule has 2 aliphatic rings. The van der Waals surface area contributed by atoms with Crippen molar-refractivity contribution >= 4 is 47.7 Å². The van der Waals surface area contributed by atoms with E-state index in [1.807, 2.05) is 0 Å². The predicted octanol–water partition coefficient (Wildman–Crippen LogP) is -3.37. The first-order chi connectivity index (χ1) is 8.40. The van der Waals surface area contributed by atoms with Crippen LogP contribution >= 0.6 is 0 Å². The molecule has 1 fully saturated rings. The van der Waals surface area contributed by atoms with Crippen LogP contribution in [0.1, 0.15) is 25.7 Å². The molecule has 2 atom stereocenters. The van der Waals surface area contributed by atoms with Crippen LogP contribution in [-0.2, 0) is 14.4 Å². The van der Waals surface area contributed by atoms with Crippen LogP contribution in [-0.4, -0.2) is 64.8 Å². The van der Waals surface area contributed by atoms with E-state index < -0.39 is 24.0 Å². The largest absolute Gasteiger partial charge is 2.00 e. The van der Waals surface area contributed by atoms with Gasteiger partial charge in [-0.25, -0.2) is 4.79 Å². The minimum Gasteiger partial charge on any atom is -0.862 e. The zero-order chi connectivity index (χ0) is 13.7. The number of aliphatic imine (C=N–C) groups is 1. The summed E-state index contributed by atoms with van der Waals surface area (Å²) in [6.45, 7) is 0. The minimum absolute atomic E-state index is 0. The summed E-state index contributed by atoms with van der Waals surface area (Å²) >= 11 is 0. The summed E-state index contributed by atoms with van der Waals surface area (Å²) in [5, 5.41) is 30.9. The second-order valence-electron chi connectivity index (χ2n) is 3.89. The van der Waals surface area contributed by atoms with Crippen molar-refractivity contribution in [1.82, 2.24) is 5.32 Å². The first-order valence-corrected chi connectivity index (χ1v) is 5.37. The van der Waals surface area contributed by atoms with Crippen molar-refractivity contribution in [3.63, 3.8) is 0 Å². The zero-order valence-corrected chi connectivity index (χ0v) is 12.8. The van der Waals surface area contributed by atoms with Crippen molar-refractivity contribution in [2.24, 2.45) is 4.99 Å². The Morgan fingerprint density at radius 3 is 2.16 bits per heavy atom. The van der Waals surface area contributed by atoms with E-state index in [1.165, 1.54) is 0 Å². The fourth-order valence-electron chi connectivity index (χ4n) is 1.53. The van der Waals surface area contributed by atoms with Crippen molar-refractivity contribution in [3.8, 4) is 0 Å². The number of nitrogens with zero attached hydrogens (tertiary/aromatic N) is 1. The predicted molar refractivity (Wildman–Crippen MR) is 60.0 cm³/mol. The van der Waals surface area contributed by atoms with E-state index in [-0.39, 0.29) is 42.1 Å². The van der Waals surface area contributed by atoms with E-state index >= 15 is 0 Å². The van der Waals surface area contributed by atoms with Gasteiger partial charge in [-0.2, -0.15) is 0 Å². The molecule has 0 aliphatic carbocycles. The Morgan fingerprint density at radius 2 is 1.95 bits per heavy atom. The van der Waals surface area contributed by atoms with Gasteiger partial charge in [-0.15, -0.1) is 0 Å². The van der Waals surface area contributed by atoms with Gasteiger partial charge >= 0.3 is 29.9 Å². The fraction of sp³-hybridized carbons (Fsp3) is 0.600. The molecule has 2 N–H and O–H groups in total. The third-order valence-electron chi connectivity index (χ3n) is 2.50. The Morgan fingerprint density at radius 1 is 1.32 bits per heavy atom. The van der Waals surface area contributed by atoms with Gasteiger partial charge in [0.05, 0.1) is 12.0 Å². The average Bonchev–Trinajstić information content (AvgIpc) is 2.88. The van der Waals surface area contributed by atoms with Gasteiger partial charge in [0.1, 0.15) is 6.04 Å². The molecular formula is C10H12N2O6Sn. The summed E-state index contributed by atoms with van der Waals surface area (Å²) in [4.78, 5) is 33.8. The Balaban J connectivity index is 0.000000324. The van der Waals surface area contributed by atoms with Crippen molar-refractivity contribution in [1.29, 1.82) is 0 Å². The Hall–Kier alpha value is -1.32. The first-order valence-electron chi connectivity index (χ1n) is 5.37. The Kier molecular flexibility index (Phi) is 7.42. The van der Waals surface area contributed by atoms with Gasteiger partial charge in [0, 0.05) is 6.42 Å². The summed E-state index contributed by atoms with van der Waals surface area (Å²) in [7, 11) is 0. The molecule has 0 unspecified atom stereocenters. The molecule has 0 spiro atoms. The monoisotopic (exact) mass is 376 g/mol. The standard InChI is InChI=1S/2C5H7NO3.Sn/c2*7-4-2-1-3(6-4)5(8)9;/h2*3H,1-2H2,(H,6,7)(H,8,9);/q;;+2/p-2/t2*3-;/m00./s1. The van der Waals surface area contributed by atoms with Crippen molar-refractivity contribution < 1.29 is 29.7 Å². The van der Waals surface area contributed by atoms with Crippen LogP contribution in [0.3, 0.4) is 0 Å². The van der Waals surface area contributed by atoms with Crippen LogP contribution in [0.5, 0.6) is 0 Å². The third kappa shape index (κ3) is 5.90. The quantitative estimate of drug-likeness (QED) is 0.483. The molecule has 19 heavy (non-hydrogen) atoms. The van der Waals surface area contributed by atoms with E-state index in [1.54, 1.807) is 0 Å². The fourth-order valence-corrected chi connectivity index (χ4v) is 1.53. The van der Waals surface area contributed by atoms with Crippen LogP contribution in [0.4, 0.5) is 0 Å². The van der Waals surface area contributed by atoms with Crippen molar-refractivity contribution in [3.05, 3.63) is 0 Å². The molecule has 0 saturated carbocycles. The van der Waals surface area contributed by atoms with Crippen LogP contribution in [0.2, 0.25) is 0 Å². The van der Waals surface area contributed by atoms with Crippen molar-refractivity contribution in [2.45, 2.75) is 37.8 Å². The summed E-state index contributed by atoms with van der Waals surface area (Å²) < 4.78 is 0. The third-order valence-corrected chi connectivity index (χ3v) is 2.50. The maximum absolute atomic E-state index is 10.4. The van der Waals surface area contributed by atoms with Crippen LogP contribution < -0.4 is 15.5 Å². The van der Waals surface area contributed by atoms with Crippen LogP contribution in [0.15, 0.2) is 4.99 Å². The number of hydrogen-bond acceptors (Lipinski definition) is 6. The van der Waals surface area contributed by atoms with Gasteiger partial charge in [-0.1, -0.05) is 0 Å². The van der Waals surface area contributed by atoms with Gasteiger partial charge < -0.3 is 25.4 Å². The molecule has 102 valence electrons. The van der Waals surface area contributed by atoms with Gasteiger partial charge in [0.25, 0.3) is 0 Å². The molecule has 1 amide bonds. The number of hydrogen-bond donors (Lipinski definition) is 2. The minimum atomic E-state index is -1.25. The van der Waals surface area contributed by atoms with Crippen LogP contribution in [0.25, 0.3) is 0 Å².